The lowest BCUT2D eigenvalue weighted by Crippen LogP contribution is -2.25. The van der Waals surface area contributed by atoms with Crippen LogP contribution >= 0.6 is 0 Å². The van der Waals surface area contributed by atoms with Crippen molar-refractivity contribution >= 4 is 17.3 Å². The summed E-state index contributed by atoms with van der Waals surface area (Å²) in [6, 6.07) is 3.43. The molecule has 1 aromatic carbocycles. The van der Waals surface area contributed by atoms with E-state index in [0.29, 0.717) is 0 Å². The molecule has 1 aromatic rings. The fraction of sp³-hybridized carbons (Fsp3) is 0.308. The van der Waals surface area contributed by atoms with Crippen LogP contribution < -0.4 is 15.4 Å². The summed E-state index contributed by atoms with van der Waals surface area (Å²) in [6.07, 6.45) is 0.605. The molecule has 106 valence electrons. The summed E-state index contributed by atoms with van der Waals surface area (Å²) in [6.45, 7) is 0.231. The predicted octanol–water partition coefficient (Wildman–Crippen LogP) is 2.15. The van der Waals surface area contributed by atoms with Crippen LogP contribution in [0.15, 0.2) is 18.2 Å². The van der Waals surface area contributed by atoms with E-state index in [0.717, 1.165) is 12.1 Å². The number of benzene rings is 1. The summed E-state index contributed by atoms with van der Waals surface area (Å²) in [5.74, 6) is 1.48. The average molecular weight is 284 g/mol. The molecule has 20 heavy (non-hydrogen) atoms. The van der Waals surface area contributed by atoms with Gasteiger partial charge in [-0.1, -0.05) is 0 Å². The third-order valence-electron chi connectivity index (χ3n) is 2.89. The molecule has 0 spiro atoms. The van der Waals surface area contributed by atoms with E-state index in [1.165, 1.54) is 11.0 Å². The van der Waals surface area contributed by atoms with Crippen molar-refractivity contribution in [2.75, 3.05) is 17.2 Å². The smallest absolute Gasteiger partial charge is 0.406 e. The molecule has 1 saturated heterocycles. The molecule has 0 saturated carbocycles. The second-order valence-electron chi connectivity index (χ2n) is 4.34. The molecule has 1 heterocycles. The Morgan fingerprint density at radius 1 is 1.45 bits per heavy atom. The first-order chi connectivity index (χ1) is 9.30. The molecule has 0 aromatic heterocycles. The van der Waals surface area contributed by atoms with Gasteiger partial charge in [-0.25, -0.2) is 0 Å². The molecule has 1 atom stereocenters. The molecule has 7 heteroatoms. The second-order valence-corrected chi connectivity index (χ2v) is 4.34. The average Bonchev–Trinajstić information content (AvgIpc) is 2.71. The molecule has 1 amide bonds. The highest BCUT2D eigenvalue weighted by Crippen LogP contribution is 2.34. The van der Waals surface area contributed by atoms with E-state index in [-0.39, 0.29) is 36.2 Å². The molecular weight excluding hydrogens is 273 g/mol. The summed E-state index contributed by atoms with van der Waals surface area (Å²) >= 11 is 0. The first-order valence-corrected chi connectivity index (χ1v) is 5.72. The van der Waals surface area contributed by atoms with Crippen molar-refractivity contribution in [2.24, 2.45) is 5.92 Å². The number of carbonyl (C=O) groups excluding carboxylic acids is 1. The van der Waals surface area contributed by atoms with Gasteiger partial charge in [0.05, 0.1) is 11.4 Å². The van der Waals surface area contributed by atoms with Gasteiger partial charge in [-0.3, -0.25) is 4.79 Å². The Morgan fingerprint density at radius 3 is 2.70 bits per heavy atom. The van der Waals surface area contributed by atoms with Gasteiger partial charge < -0.3 is 15.4 Å². The fourth-order valence-corrected chi connectivity index (χ4v) is 2.01. The first-order valence-electron chi connectivity index (χ1n) is 5.72. The van der Waals surface area contributed by atoms with Crippen LogP contribution in [0, 0.1) is 18.3 Å². The Bertz CT molecular complexity index is 578. The minimum atomic E-state index is -4.80. The van der Waals surface area contributed by atoms with Crippen molar-refractivity contribution in [2.45, 2.75) is 12.8 Å². The van der Waals surface area contributed by atoms with E-state index in [2.05, 4.69) is 10.7 Å². The van der Waals surface area contributed by atoms with Gasteiger partial charge in [0, 0.05) is 24.9 Å². The monoisotopic (exact) mass is 284 g/mol. The van der Waals surface area contributed by atoms with Gasteiger partial charge in [0.15, 0.2) is 0 Å². The maximum atomic E-state index is 12.2. The van der Waals surface area contributed by atoms with Crippen molar-refractivity contribution in [3.05, 3.63) is 18.2 Å². The summed E-state index contributed by atoms with van der Waals surface area (Å²) in [7, 11) is 0. The van der Waals surface area contributed by atoms with Gasteiger partial charge in [0.25, 0.3) is 0 Å². The van der Waals surface area contributed by atoms with Crippen molar-refractivity contribution < 1.29 is 22.7 Å². The molecule has 1 unspecified atom stereocenters. The number of halogens is 3. The molecule has 0 radical (unpaired) electrons. The summed E-state index contributed by atoms with van der Waals surface area (Å²) < 4.78 is 40.4. The topological polar surface area (TPSA) is 55.6 Å². The van der Waals surface area contributed by atoms with Gasteiger partial charge in [-0.15, -0.1) is 25.5 Å². The van der Waals surface area contributed by atoms with E-state index < -0.39 is 12.1 Å². The lowest BCUT2D eigenvalue weighted by molar-refractivity contribution is -0.274. The molecule has 4 nitrogen and oxygen atoms in total. The van der Waals surface area contributed by atoms with Crippen LogP contribution in [0.5, 0.6) is 5.75 Å². The Balaban J connectivity index is 2.30. The number of alkyl halides is 3. The van der Waals surface area contributed by atoms with Crippen LogP contribution in [0.1, 0.15) is 6.42 Å². The molecule has 0 aliphatic carbocycles. The third-order valence-corrected chi connectivity index (χ3v) is 2.89. The van der Waals surface area contributed by atoms with Crippen molar-refractivity contribution in [1.29, 1.82) is 0 Å². The largest absolute Gasteiger partial charge is 0.573 e. The number of ether oxygens (including phenoxy) is 1. The standard InChI is InChI=1S/C13H11F3N2O2/c1-2-8-5-12(19)18(7-8)11-6-9(3-4-10(11)17)20-13(14,15)16/h1,3-4,6,8H,5,7,17H2. The Morgan fingerprint density at radius 2 is 2.15 bits per heavy atom. The highest BCUT2D eigenvalue weighted by Gasteiger charge is 2.33. The molecule has 1 aliphatic rings. The predicted molar refractivity (Wildman–Crippen MR) is 66.8 cm³/mol. The van der Waals surface area contributed by atoms with Gasteiger partial charge in [0.1, 0.15) is 5.75 Å². The normalized spacial score (nSPS) is 19.0. The van der Waals surface area contributed by atoms with E-state index in [1.54, 1.807) is 0 Å². The van der Waals surface area contributed by atoms with Crippen LogP contribution in [0.4, 0.5) is 24.5 Å². The zero-order valence-corrected chi connectivity index (χ0v) is 10.3. The number of nitrogens with zero attached hydrogens (tertiary/aromatic N) is 1. The number of hydrogen-bond donors (Lipinski definition) is 1. The first kappa shape index (κ1) is 14.1. The summed E-state index contributed by atoms with van der Waals surface area (Å²) in [5.41, 5.74) is 6.06. The third kappa shape index (κ3) is 2.96. The fourth-order valence-electron chi connectivity index (χ4n) is 2.01. The molecule has 1 aliphatic heterocycles. The number of rotatable bonds is 2. The highest BCUT2D eigenvalue weighted by molar-refractivity contribution is 5.99. The molecule has 2 rings (SSSR count). The number of anilines is 2. The van der Waals surface area contributed by atoms with Crippen LogP contribution in [-0.2, 0) is 4.79 Å². The quantitative estimate of drug-likeness (QED) is 0.669. The second kappa shape index (κ2) is 4.96. The minimum absolute atomic E-state index is 0.153. The maximum absolute atomic E-state index is 12.2. The SMILES string of the molecule is C#CC1CC(=O)N(c2cc(OC(F)(F)F)ccc2N)C1. The van der Waals surface area contributed by atoms with Gasteiger partial charge in [-0.2, -0.15) is 0 Å². The zero-order valence-electron chi connectivity index (χ0n) is 10.3. The van der Waals surface area contributed by atoms with Crippen molar-refractivity contribution in [3.8, 4) is 18.1 Å². The number of hydrogen-bond acceptors (Lipinski definition) is 3. The Kier molecular flexibility index (Phi) is 3.49. The van der Waals surface area contributed by atoms with Crippen LogP contribution in [0.2, 0.25) is 0 Å². The number of nitrogen functional groups attached to an aromatic ring is 1. The number of amides is 1. The Labute approximate surface area is 113 Å². The lowest BCUT2D eigenvalue weighted by Gasteiger charge is -2.19. The summed E-state index contributed by atoms with van der Waals surface area (Å²) in [5, 5.41) is 0. The van der Waals surface area contributed by atoms with Crippen LogP contribution in [0.25, 0.3) is 0 Å². The van der Waals surface area contributed by atoms with Gasteiger partial charge >= 0.3 is 6.36 Å². The zero-order chi connectivity index (χ0) is 14.9. The van der Waals surface area contributed by atoms with E-state index in [9.17, 15) is 18.0 Å². The van der Waals surface area contributed by atoms with Gasteiger partial charge in [-0.05, 0) is 12.1 Å². The highest BCUT2D eigenvalue weighted by atomic mass is 19.4. The minimum Gasteiger partial charge on any atom is -0.406 e. The van der Waals surface area contributed by atoms with E-state index in [1.807, 2.05) is 0 Å². The van der Waals surface area contributed by atoms with Gasteiger partial charge in [0.2, 0.25) is 5.91 Å². The van der Waals surface area contributed by atoms with E-state index in [4.69, 9.17) is 12.2 Å². The molecule has 0 bridgehead atoms. The van der Waals surface area contributed by atoms with Crippen LogP contribution in [-0.4, -0.2) is 18.8 Å². The van der Waals surface area contributed by atoms with Crippen molar-refractivity contribution in [1.82, 2.24) is 0 Å². The van der Waals surface area contributed by atoms with E-state index >= 15 is 0 Å². The number of carbonyl (C=O) groups is 1. The maximum Gasteiger partial charge on any atom is 0.573 e. The summed E-state index contributed by atoms with van der Waals surface area (Å²) in [4.78, 5) is 13.1. The van der Waals surface area contributed by atoms with Crippen LogP contribution in [0.3, 0.4) is 0 Å². The number of nitrogens with two attached hydrogens (primary N) is 1. The van der Waals surface area contributed by atoms with Crippen molar-refractivity contribution in [3.63, 3.8) is 0 Å². The molecule has 1 fully saturated rings. The molecular formula is C13H11F3N2O2. The Hall–Kier alpha value is -2.36. The lowest BCUT2D eigenvalue weighted by atomic mass is 10.1. The molecule has 2 N–H and O–H groups in total. The number of terminal acetylenes is 1.